The number of anilines is 1. The van der Waals surface area contributed by atoms with Crippen LogP contribution in [-0.4, -0.2) is 35.5 Å². The molecule has 1 aromatic carbocycles. The number of methoxy groups -OCH3 is 1. The maximum atomic E-state index is 12.0. The van der Waals surface area contributed by atoms with Gasteiger partial charge in [0.05, 0.1) is 12.7 Å². The maximum Gasteiger partial charge on any atom is 0.412 e. The van der Waals surface area contributed by atoms with E-state index in [1.54, 1.807) is 39.0 Å². The Bertz CT molecular complexity index is 776. The predicted molar refractivity (Wildman–Crippen MR) is 91.7 cm³/mol. The zero-order valence-corrected chi connectivity index (χ0v) is 14.6. The number of hydrogen-bond donors (Lipinski definition) is 2. The van der Waals surface area contributed by atoms with Gasteiger partial charge in [0.25, 0.3) is 5.78 Å². The van der Waals surface area contributed by atoms with Gasteiger partial charge in [-0.25, -0.2) is 9.59 Å². The number of rotatable bonds is 3. The summed E-state index contributed by atoms with van der Waals surface area (Å²) < 4.78 is 9.61. The van der Waals surface area contributed by atoms with Crippen LogP contribution in [0.4, 0.5) is 10.5 Å². The van der Waals surface area contributed by atoms with Gasteiger partial charge < -0.3 is 14.5 Å². The Morgan fingerprint density at radius 3 is 2.42 bits per heavy atom. The summed E-state index contributed by atoms with van der Waals surface area (Å²) in [5.41, 5.74) is 0.672. The van der Waals surface area contributed by atoms with Gasteiger partial charge >= 0.3 is 12.1 Å². The topological polar surface area (TPSA) is 97.5 Å². The molecule has 8 heteroatoms. The molecule has 2 rings (SSSR count). The molecule has 0 fully saturated rings. The van der Waals surface area contributed by atoms with Crippen molar-refractivity contribution in [2.45, 2.75) is 26.4 Å². The third kappa shape index (κ3) is 4.48. The average Bonchev–Trinajstić information content (AvgIpc) is 2.86. The molecule has 0 aliphatic carbocycles. The van der Waals surface area contributed by atoms with Crippen LogP contribution >= 0.6 is 12.4 Å². The van der Waals surface area contributed by atoms with Gasteiger partial charge in [-0.15, -0.1) is 12.4 Å². The van der Waals surface area contributed by atoms with Crippen molar-refractivity contribution in [3.63, 3.8) is 0 Å². The number of Topliss-reactive ketones (excluding diaryl/α,β-unsaturated/α-hetero) is 1. The standard InChI is InChI=1S/C16H18N2O5.ClH/c1-16(2,3)23-15(21)18-9-5-6-12-10(7-9)11(8-17-12)13(19)14(20)22-4;/h5-8,17H,1-4H3,(H,18,21);1H. The van der Waals surface area contributed by atoms with Crippen LogP contribution in [0.25, 0.3) is 10.9 Å². The molecule has 0 spiro atoms. The molecule has 0 bridgehead atoms. The minimum absolute atomic E-state index is 0. The number of ether oxygens (including phenoxy) is 2. The number of carbonyl (C=O) groups excluding carboxylic acids is 3. The smallest absolute Gasteiger partial charge is 0.412 e. The monoisotopic (exact) mass is 354 g/mol. The highest BCUT2D eigenvalue weighted by Crippen LogP contribution is 2.23. The Labute approximate surface area is 145 Å². The molecule has 0 aliphatic heterocycles. The number of H-pyrrole nitrogens is 1. The number of aromatic amines is 1. The number of fused-ring (bicyclic) bond motifs is 1. The quantitative estimate of drug-likeness (QED) is 0.500. The maximum absolute atomic E-state index is 12.0. The van der Waals surface area contributed by atoms with Crippen molar-refractivity contribution in [1.82, 2.24) is 4.98 Å². The Hall–Kier alpha value is -2.54. The first-order valence-corrected chi connectivity index (χ1v) is 6.95. The lowest BCUT2D eigenvalue weighted by Crippen LogP contribution is -2.27. The normalized spacial score (nSPS) is 10.7. The average molecular weight is 355 g/mol. The van der Waals surface area contributed by atoms with E-state index >= 15 is 0 Å². The Balaban J connectivity index is 0.00000288. The second-order valence-electron chi connectivity index (χ2n) is 5.91. The number of amides is 1. The summed E-state index contributed by atoms with van der Waals surface area (Å²) in [7, 11) is 1.14. The van der Waals surface area contributed by atoms with E-state index in [1.807, 2.05) is 0 Å². The summed E-state index contributed by atoms with van der Waals surface area (Å²) in [5, 5.41) is 3.10. The lowest BCUT2D eigenvalue weighted by atomic mass is 10.1. The second kappa shape index (κ2) is 7.35. The summed E-state index contributed by atoms with van der Waals surface area (Å²) in [6.45, 7) is 5.28. The van der Waals surface area contributed by atoms with Crippen LogP contribution in [0.3, 0.4) is 0 Å². The molecule has 2 N–H and O–H groups in total. The molecule has 24 heavy (non-hydrogen) atoms. The van der Waals surface area contributed by atoms with Crippen molar-refractivity contribution in [1.29, 1.82) is 0 Å². The van der Waals surface area contributed by atoms with Crippen LogP contribution in [0, 0.1) is 0 Å². The summed E-state index contributed by atoms with van der Waals surface area (Å²) in [5.74, 6) is -1.70. The molecule has 0 aliphatic rings. The van der Waals surface area contributed by atoms with Gasteiger partial charge in [0.2, 0.25) is 0 Å². The van der Waals surface area contributed by atoms with E-state index in [9.17, 15) is 14.4 Å². The van der Waals surface area contributed by atoms with Gasteiger partial charge in [-0.05, 0) is 39.0 Å². The van der Waals surface area contributed by atoms with E-state index in [0.29, 0.717) is 16.6 Å². The van der Waals surface area contributed by atoms with E-state index in [1.165, 1.54) is 6.20 Å². The zero-order chi connectivity index (χ0) is 17.2. The summed E-state index contributed by atoms with van der Waals surface area (Å²) in [4.78, 5) is 38.1. The minimum atomic E-state index is -0.948. The Morgan fingerprint density at radius 1 is 1.17 bits per heavy atom. The van der Waals surface area contributed by atoms with Crippen LogP contribution in [0.5, 0.6) is 0 Å². The van der Waals surface area contributed by atoms with Gasteiger partial charge in [0.1, 0.15) is 5.60 Å². The van der Waals surface area contributed by atoms with Crippen molar-refractivity contribution >= 4 is 46.8 Å². The van der Waals surface area contributed by atoms with Gasteiger partial charge in [-0.2, -0.15) is 0 Å². The fraction of sp³-hybridized carbons (Fsp3) is 0.312. The minimum Gasteiger partial charge on any atom is -0.463 e. The number of halogens is 1. The van der Waals surface area contributed by atoms with Crippen molar-refractivity contribution in [2.75, 3.05) is 12.4 Å². The molecule has 0 saturated heterocycles. The number of esters is 1. The van der Waals surface area contributed by atoms with Gasteiger partial charge in [-0.1, -0.05) is 0 Å². The Morgan fingerprint density at radius 2 is 1.83 bits per heavy atom. The van der Waals surface area contributed by atoms with E-state index in [-0.39, 0.29) is 18.0 Å². The first-order chi connectivity index (χ1) is 10.7. The molecule has 0 atom stereocenters. The number of aromatic nitrogens is 1. The second-order valence-corrected chi connectivity index (χ2v) is 5.91. The van der Waals surface area contributed by atoms with Crippen molar-refractivity contribution in [3.8, 4) is 0 Å². The van der Waals surface area contributed by atoms with E-state index in [4.69, 9.17) is 4.74 Å². The molecule has 130 valence electrons. The van der Waals surface area contributed by atoms with Crippen molar-refractivity contribution in [3.05, 3.63) is 30.0 Å². The van der Waals surface area contributed by atoms with E-state index in [2.05, 4.69) is 15.0 Å². The molecular weight excluding hydrogens is 336 g/mol. The number of carbonyl (C=O) groups is 3. The van der Waals surface area contributed by atoms with Crippen molar-refractivity contribution < 1.29 is 23.9 Å². The molecule has 2 aromatic rings. The van der Waals surface area contributed by atoms with Crippen LogP contribution in [-0.2, 0) is 14.3 Å². The lowest BCUT2D eigenvalue weighted by molar-refractivity contribution is -0.135. The van der Waals surface area contributed by atoms with Crippen LogP contribution in [0.15, 0.2) is 24.4 Å². The molecule has 0 radical (unpaired) electrons. The van der Waals surface area contributed by atoms with Crippen LogP contribution < -0.4 is 5.32 Å². The van der Waals surface area contributed by atoms with Gasteiger partial charge in [0.15, 0.2) is 0 Å². The molecule has 0 unspecified atom stereocenters. The van der Waals surface area contributed by atoms with Crippen molar-refractivity contribution in [2.24, 2.45) is 0 Å². The van der Waals surface area contributed by atoms with E-state index in [0.717, 1.165) is 7.11 Å². The third-order valence-corrected chi connectivity index (χ3v) is 2.94. The lowest BCUT2D eigenvalue weighted by Gasteiger charge is -2.19. The molecular formula is C16H19ClN2O5. The molecule has 0 saturated carbocycles. The SMILES string of the molecule is COC(=O)C(=O)c1c[nH]c2ccc(NC(=O)OC(C)(C)C)cc12.Cl. The molecule has 1 amide bonds. The zero-order valence-electron chi connectivity index (χ0n) is 13.8. The molecule has 1 aromatic heterocycles. The fourth-order valence-corrected chi connectivity index (χ4v) is 2.01. The number of nitrogens with one attached hydrogen (secondary N) is 2. The molecule has 1 heterocycles. The molecule has 7 nitrogen and oxygen atoms in total. The van der Waals surface area contributed by atoms with Crippen LogP contribution in [0.1, 0.15) is 31.1 Å². The highest BCUT2D eigenvalue weighted by atomic mass is 35.5. The first-order valence-electron chi connectivity index (χ1n) is 6.95. The summed E-state index contributed by atoms with van der Waals surface area (Å²) in [6, 6.07) is 4.94. The first kappa shape index (κ1) is 19.5. The Kier molecular flexibility index (Phi) is 5.98. The number of hydrogen-bond acceptors (Lipinski definition) is 5. The summed E-state index contributed by atoms with van der Waals surface area (Å²) >= 11 is 0. The predicted octanol–water partition coefficient (Wildman–Crippen LogP) is 3.29. The highest BCUT2D eigenvalue weighted by molar-refractivity contribution is 6.43. The highest BCUT2D eigenvalue weighted by Gasteiger charge is 2.21. The van der Waals surface area contributed by atoms with Gasteiger partial charge in [-0.3, -0.25) is 10.1 Å². The number of benzene rings is 1. The van der Waals surface area contributed by atoms with Gasteiger partial charge in [0, 0.05) is 22.8 Å². The van der Waals surface area contributed by atoms with E-state index < -0.39 is 23.4 Å². The third-order valence-electron chi connectivity index (χ3n) is 2.94. The summed E-state index contributed by atoms with van der Waals surface area (Å²) in [6.07, 6.45) is 0.828. The largest absolute Gasteiger partial charge is 0.463 e. The fourth-order valence-electron chi connectivity index (χ4n) is 2.01. The van der Waals surface area contributed by atoms with Crippen LogP contribution in [0.2, 0.25) is 0 Å². The number of ketones is 1.